The van der Waals surface area contributed by atoms with Crippen LogP contribution in [0.15, 0.2) is 48.5 Å². The predicted molar refractivity (Wildman–Crippen MR) is 112 cm³/mol. The Labute approximate surface area is 173 Å². The molecule has 4 N–H and O–H groups in total. The average molecular weight is 421 g/mol. The van der Waals surface area contributed by atoms with E-state index >= 15 is 0 Å². The van der Waals surface area contributed by atoms with E-state index in [1.54, 1.807) is 0 Å². The number of amides is 1. The SMILES string of the molecule is O=C(C1NNNC1Nc1cccc(Cl)c1)N1CCN(c2cccc(Cl)c2)CC1. The minimum atomic E-state index is -0.434. The first-order chi connectivity index (χ1) is 13.6. The van der Waals surface area contributed by atoms with Crippen LogP contribution in [0.5, 0.6) is 0 Å². The lowest BCUT2D eigenvalue weighted by Crippen LogP contribution is -2.57. The van der Waals surface area contributed by atoms with Crippen molar-refractivity contribution in [1.82, 2.24) is 21.3 Å². The van der Waals surface area contributed by atoms with Crippen molar-refractivity contribution in [3.05, 3.63) is 58.6 Å². The highest BCUT2D eigenvalue weighted by molar-refractivity contribution is 6.31. The fourth-order valence-electron chi connectivity index (χ4n) is 3.50. The van der Waals surface area contributed by atoms with Gasteiger partial charge in [-0.1, -0.05) is 35.3 Å². The van der Waals surface area contributed by atoms with Gasteiger partial charge in [0, 0.05) is 47.6 Å². The molecule has 148 valence electrons. The van der Waals surface area contributed by atoms with E-state index in [2.05, 4.69) is 26.6 Å². The van der Waals surface area contributed by atoms with E-state index in [0.29, 0.717) is 18.1 Å². The maximum absolute atomic E-state index is 13.0. The second-order valence-corrected chi connectivity index (χ2v) is 7.69. The molecule has 7 nitrogen and oxygen atoms in total. The quantitative estimate of drug-likeness (QED) is 0.606. The first-order valence-electron chi connectivity index (χ1n) is 9.17. The Morgan fingerprint density at radius 3 is 2.39 bits per heavy atom. The van der Waals surface area contributed by atoms with Gasteiger partial charge in [0.25, 0.3) is 0 Å². The van der Waals surface area contributed by atoms with E-state index in [4.69, 9.17) is 23.2 Å². The molecular weight excluding hydrogens is 399 g/mol. The van der Waals surface area contributed by atoms with Gasteiger partial charge < -0.3 is 15.1 Å². The summed E-state index contributed by atoms with van der Waals surface area (Å²) in [7, 11) is 0. The molecule has 4 rings (SSSR count). The Kier molecular flexibility index (Phi) is 5.89. The first-order valence-corrected chi connectivity index (χ1v) is 9.93. The first kappa shape index (κ1) is 19.3. The van der Waals surface area contributed by atoms with Crippen molar-refractivity contribution in [3.8, 4) is 0 Å². The van der Waals surface area contributed by atoms with Crippen LogP contribution in [-0.4, -0.2) is 49.2 Å². The summed E-state index contributed by atoms with van der Waals surface area (Å²) in [5.41, 5.74) is 10.8. The van der Waals surface area contributed by atoms with Gasteiger partial charge in [0.05, 0.1) is 0 Å². The Hall–Kier alpha value is -2.03. The Bertz CT molecular complexity index is 843. The zero-order chi connectivity index (χ0) is 19.5. The number of carbonyl (C=O) groups is 1. The predicted octanol–water partition coefficient (Wildman–Crippen LogP) is 2.06. The van der Waals surface area contributed by atoms with E-state index < -0.39 is 6.04 Å². The summed E-state index contributed by atoms with van der Waals surface area (Å²) < 4.78 is 0. The Morgan fingerprint density at radius 2 is 1.68 bits per heavy atom. The van der Waals surface area contributed by atoms with Crippen LogP contribution in [0.1, 0.15) is 0 Å². The number of halogens is 2. The third-order valence-corrected chi connectivity index (χ3v) is 5.44. The van der Waals surface area contributed by atoms with Gasteiger partial charge in [-0.2, -0.15) is 5.53 Å². The van der Waals surface area contributed by atoms with Crippen LogP contribution in [0.2, 0.25) is 10.0 Å². The molecule has 2 atom stereocenters. The molecule has 1 amide bonds. The van der Waals surface area contributed by atoms with Crippen LogP contribution in [0.4, 0.5) is 11.4 Å². The summed E-state index contributed by atoms with van der Waals surface area (Å²) in [6.45, 7) is 2.86. The molecule has 0 saturated carbocycles. The molecule has 28 heavy (non-hydrogen) atoms. The van der Waals surface area contributed by atoms with Gasteiger partial charge in [0.1, 0.15) is 12.2 Å². The van der Waals surface area contributed by atoms with Crippen LogP contribution in [-0.2, 0) is 4.79 Å². The number of hydrogen-bond donors (Lipinski definition) is 4. The van der Waals surface area contributed by atoms with Crippen molar-refractivity contribution in [2.24, 2.45) is 0 Å². The van der Waals surface area contributed by atoms with Crippen molar-refractivity contribution in [3.63, 3.8) is 0 Å². The summed E-state index contributed by atoms with van der Waals surface area (Å²) in [5.74, 6) is 0.0442. The normalized spacial score (nSPS) is 22.4. The van der Waals surface area contributed by atoms with E-state index in [0.717, 1.165) is 29.5 Å². The molecule has 0 aromatic heterocycles. The zero-order valence-electron chi connectivity index (χ0n) is 15.2. The molecule has 2 aliphatic rings. The van der Waals surface area contributed by atoms with E-state index in [1.165, 1.54) is 0 Å². The second kappa shape index (κ2) is 8.55. The van der Waals surface area contributed by atoms with E-state index in [9.17, 15) is 4.79 Å². The van der Waals surface area contributed by atoms with Gasteiger partial charge >= 0.3 is 0 Å². The fourth-order valence-corrected chi connectivity index (χ4v) is 3.87. The number of nitrogens with one attached hydrogen (secondary N) is 4. The lowest BCUT2D eigenvalue weighted by atomic mass is 10.1. The third kappa shape index (κ3) is 4.34. The van der Waals surface area contributed by atoms with Gasteiger partial charge in [-0.15, -0.1) is 0 Å². The summed E-state index contributed by atoms with van der Waals surface area (Å²) in [6, 6.07) is 14.8. The van der Waals surface area contributed by atoms with Crippen LogP contribution >= 0.6 is 23.2 Å². The molecule has 9 heteroatoms. The molecule has 0 aliphatic carbocycles. The summed E-state index contributed by atoms with van der Waals surface area (Å²) in [4.78, 5) is 17.2. The average Bonchev–Trinajstić information content (AvgIpc) is 3.15. The summed E-state index contributed by atoms with van der Waals surface area (Å²) in [5, 5.41) is 4.66. The number of hydrogen-bond acceptors (Lipinski definition) is 6. The van der Waals surface area contributed by atoms with E-state index in [1.807, 2.05) is 53.4 Å². The van der Waals surface area contributed by atoms with Crippen molar-refractivity contribution in [2.75, 3.05) is 36.4 Å². The van der Waals surface area contributed by atoms with Gasteiger partial charge in [0.2, 0.25) is 5.91 Å². The van der Waals surface area contributed by atoms with Gasteiger partial charge in [-0.05, 0) is 36.4 Å². The molecule has 2 saturated heterocycles. The van der Waals surface area contributed by atoms with Gasteiger partial charge in [-0.25, -0.2) is 10.9 Å². The van der Waals surface area contributed by atoms with Crippen LogP contribution in [0.3, 0.4) is 0 Å². The minimum Gasteiger partial charge on any atom is -0.368 e. The maximum Gasteiger partial charge on any atom is 0.244 e. The topological polar surface area (TPSA) is 71.7 Å². The number of rotatable bonds is 4. The minimum absolute atomic E-state index is 0.0442. The van der Waals surface area contributed by atoms with Crippen molar-refractivity contribution < 1.29 is 4.79 Å². The number of piperazine rings is 1. The molecule has 2 heterocycles. The van der Waals surface area contributed by atoms with E-state index in [-0.39, 0.29) is 12.1 Å². The van der Waals surface area contributed by atoms with Crippen LogP contribution < -0.4 is 26.6 Å². The molecule has 2 fully saturated rings. The smallest absolute Gasteiger partial charge is 0.244 e. The zero-order valence-corrected chi connectivity index (χ0v) is 16.7. The molecule has 2 unspecified atom stereocenters. The summed E-state index contributed by atoms with van der Waals surface area (Å²) >= 11 is 12.1. The summed E-state index contributed by atoms with van der Waals surface area (Å²) in [6.07, 6.45) is -0.295. The fraction of sp³-hybridized carbons (Fsp3) is 0.316. The highest BCUT2D eigenvalue weighted by Crippen LogP contribution is 2.21. The highest BCUT2D eigenvalue weighted by atomic mass is 35.5. The molecule has 0 bridgehead atoms. The number of benzene rings is 2. The van der Waals surface area contributed by atoms with Crippen molar-refractivity contribution in [1.29, 1.82) is 0 Å². The van der Waals surface area contributed by atoms with Gasteiger partial charge in [0.15, 0.2) is 0 Å². The Morgan fingerprint density at radius 1 is 0.964 bits per heavy atom. The molecule has 2 aliphatic heterocycles. The molecule has 0 spiro atoms. The van der Waals surface area contributed by atoms with Crippen LogP contribution in [0.25, 0.3) is 0 Å². The Balaban J connectivity index is 1.36. The largest absolute Gasteiger partial charge is 0.368 e. The molecule has 2 aromatic carbocycles. The van der Waals surface area contributed by atoms with Crippen LogP contribution in [0, 0.1) is 0 Å². The number of anilines is 2. The number of hydrazine groups is 2. The van der Waals surface area contributed by atoms with Gasteiger partial charge in [-0.3, -0.25) is 4.79 Å². The monoisotopic (exact) mass is 420 g/mol. The number of nitrogens with zero attached hydrogens (tertiary/aromatic N) is 2. The highest BCUT2D eigenvalue weighted by Gasteiger charge is 2.36. The number of carbonyl (C=O) groups excluding carboxylic acids is 1. The molecule has 2 aromatic rings. The second-order valence-electron chi connectivity index (χ2n) is 6.82. The maximum atomic E-state index is 13.0. The molecule has 0 radical (unpaired) electrons. The lowest BCUT2D eigenvalue weighted by Gasteiger charge is -2.37. The van der Waals surface area contributed by atoms with Crippen molar-refractivity contribution >= 4 is 40.5 Å². The third-order valence-electron chi connectivity index (χ3n) is 4.97. The lowest BCUT2D eigenvalue weighted by molar-refractivity contribution is -0.133. The van der Waals surface area contributed by atoms with Crippen molar-refractivity contribution in [2.45, 2.75) is 12.2 Å². The molecular formula is C19H22Cl2N6O. The standard InChI is InChI=1S/C19H22Cl2N6O/c20-13-3-1-5-15(11-13)22-18-17(23-25-24-18)19(28)27-9-7-26(8-10-27)16-6-2-4-14(21)12-16/h1-6,11-12,17-18,22-25H,7-10H2.